The van der Waals surface area contributed by atoms with Crippen molar-refractivity contribution in [1.82, 2.24) is 9.80 Å². The highest BCUT2D eigenvalue weighted by Crippen LogP contribution is 2.20. The van der Waals surface area contributed by atoms with E-state index in [1.165, 1.54) is 6.08 Å². The number of piperidine rings is 1. The normalized spacial score (nSPS) is 20.1. The van der Waals surface area contributed by atoms with Crippen LogP contribution in [0.2, 0.25) is 0 Å². The molecule has 144 valence electrons. The summed E-state index contributed by atoms with van der Waals surface area (Å²) < 4.78 is 5.28. The van der Waals surface area contributed by atoms with E-state index in [0.29, 0.717) is 50.6 Å². The van der Waals surface area contributed by atoms with E-state index in [2.05, 4.69) is 11.9 Å². The molecule has 1 unspecified atom stereocenters. The third-order valence-corrected chi connectivity index (χ3v) is 4.95. The van der Waals surface area contributed by atoms with Gasteiger partial charge >= 0.3 is 0 Å². The SMILES string of the molecule is C=CC(=O)N1CCCC(C(=O)Nc2cccc(C(=O)N3CCOCC3)c2)C1. The second kappa shape index (κ2) is 8.81. The Hall–Kier alpha value is -2.67. The van der Waals surface area contributed by atoms with E-state index in [-0.39, 0.29) is 23.6 Å². The first-order chi connectivity index (χ1) is 13.1. The molecule has 0 saturated carbocycles. The molecule has 0 bridgehead atoms. The van der Waals surface area contributed by atoms with Gasteiger partial charge in [0, 0.05) is 37.4 Å². The maximum absolute atomic E-state index is 12.6. The number of nitrogens with one attached hydrogen (secondary N) is 1. The Morgan fingerprint density at radius 3 is 2.67 bits per heavy atom. The van der Waals surface area contributed by atoms with Crippen molar-refractivity contribution in [3.05, 3.63) is 42.5 Å². The minimum Gasteiger partial charge on any atom is -0.378 e. The number of carbonyl (C=O) groups excluding carboxylic acids is 3. The number of ether oxygens (including phenoxy) is 1. The second-order valence-electron chi connectivity index (χ2n) is 6.80. The number of amides is 3. The van der Waals surface area contributed by atoms with Crippen LogP contribution in [0.3, 0.4) is 0 Å². The molecule has 7 nitrogen and oxygen atoms in total. The van der Waals surface area contributed by atoms with Crippen molar-refractivity contribution >= 4 is 23.4 Å². The van der Waals surface area contributed by atoms with Gasteiger partial charge < -0.3 is 19.9 Å². The summed E-state index contributed by atoms with van der Waals surface area (Å²) in [5.41, 5.74) is 1.13. The molecule has 2 fully saturated rings. The summed E-state index contributed by atoms with van der Waals surface area (Å²) in [4.78, 5) is 40.4. The lowest BCUT2D eigenvalue weighted by atomic mass is 9.97. The van der Waals surface area contributed by atoms with Crippen LogP contribution in [0.1, 0.15) is 23.2 Å². The molecule has 2 aliphatic heterocycles. The van der Waals surface area contributed by atoms with E-state index in [4.69, 9.17) is 4.74 Å². The van der Waals surface area contributed by atoms with Gasteiger partial charge in [-0.2, -0.15) is 0 Å². The van der Waals surface area contributed by atoms with E-state index in [9.17, 15) is 14.4 Å². The fraction of sp³-hybridized carbons (Fsp3) is 0.450. The number of morpholine rings is 1. The van der Waals surface area contributed by atoms with Gasteiger partial charge in [0.15, 0.2) is 0 Å². The molecule has 2 aliphatic rings. The van der Waals surface area contributed by atoms with Crippen LogP contribution in [0, 0.1) is 5.92 Å². The van der Waals surface area contributed by atoms with Gasteiger partial charge in [-0.15, -0.1) is 0 Å². The molecule has 0 spiro atoms. The molecule has 0 aliphatic carbocycles. The summed E-state index contributed by atoms with van der Waals surface area (Å²) in [6, 6.07) is 6.98. The molecular formula is C20H25N3O4. The summed E-state index contributed by atoms with van der Waals surface area (Å²) in [6.07, 6.45) is 2.80. The van der Waals surface area contributed by atoms with Gasteiger partial charge in [-0.25, -0.2) is 0 Å². The van der Waals surface area contributed by atoms with Crippen molar-refractivity contribution in [3.63, 3.8) is 0 Å². The van der Waals surface area contributed by atoms with Crippen LogP contribution in [-0.2, 0) is 14.3 Å². The van der Waals surface area contributed by atoms with Gasteiger partial charge in [-0.05, 0) is 37.1 Å². The zero-order chi connectivity index (χ0) is 19.2. The lowest BCUT2D eigenvalue weighted by Gasteiger charge is -2.31. The maximum atomic E-state index is 12.6. The lowest BCUT2D eigenvalue weighted by Crippen LogP contribution is -2.43. The maximum Gasteiger partial charge on any atom is 0.254 e. The third-order valence-electron chi connectivity index (χ3n) is 4.95. The summed E-state index contributed by atoms with van der Waals surface area (Å²) in [5.74, 6) is -0.603. The number of hydrogen-bond donors (Lipinski definition) is 1. The number of anilines is 1. The first kappa shape index (κ1) is 19.1. The van der Waals surface area contributed by atoms with Crippen molar-refractivity contribution < 1.29 is 19.1 Å². The zero-order valence-electron chi connectivity index (χ0n) is 15.4. The third kappa shape index (κ3) is 4.74. The Morgan fingerprint density at radius 2 is 1.93 bits per heavy atom. The number of likely N-dealkylation sites (tertiary alicyclic amines) is 1. The fourth-order valence-electron chi connectivity index (χ4n) is 3.44. The van der Waals surface area contributed by atoms with Crippen molar-refractivity contribution in [2.45, 2.75) is 12.8 Å². The number of rotatable bonds is 4. The molecule has 2 heterocycles. The number of benzene rings is 1. The average Bonchev–Trinajstić information content (AvgIpc) is 2.73. The molecule has 1 aromatic carbocycles. The molecule has 1 N–H and O–H groups in total. The summed E-state index contributed by atoms with van der Waals surface area (Å²) in [5, 5.41) is 2.89. The topological polar surface area (TPSA) is 79.0 Å². The minimum atomic E-state index is -0.263. The number of carbonyl (C=O) groups is 3. The summed E-state index contributed by atoms with van der Waals surface area (Å²) >= 11 is 0. The van der Waals surface area contributed by atoms with Crippen LogP contribution in [0.15, 0.2) is 36.9 Å². The van der Waals surface area contributed by atoms with Gasteiger partial charge in [0.05, 0.1) is 19.1 Å². The predicted molar refractivity (Wildman–Crippen MR) is 101 cm³/mol. The Kier molecular flexibility index (Phi) is 6.24. The van der Waals surface area contributed by atoms with Crippen LogP contribution < -0.4 is 5.32 Å². The van der Waals surface area contributed by atoms with E-state index in [1.807, 2.05) is 0 Å². The second-order valence-corrected chi connectivity index (χ2v) is 6.80. The highest BCUT2D eigenvalue weighted by Gasteiger charge is 2.27. The number of hydrogen-bond acceptors (Lipinski definition) is 4. The lowest BCUT2D eigenvalue weighted by molar-refractivity contribution is -0.130. The van der Waals surface area contributed by atoms with Gasteiger partial charge in [0.25, 0.3) is 5.91 Å². The quantitative estimate of drug-likeness (QED) is 0.814. The molecule has 0 radical (unpaired) electrons. The smallest absolute Gasteiger partial charge is 0.254 e. The molecule has 1 aromatic rings. The fourth-order valence-corrected chi connectivity index (χ4v) is 3.44. The Balaban J connectivity index is 1.63. The summed E-state index contributed by atoms with van der Waals surface area (Å²) in [7, 11) is 0. The molecule has 2 saturated heterocycles. The van der Waals surface area contributed by atoms with E-state index < -0.39 is 0 Å². The van der Waals surface area contributed by atoms with Crippen molar-refractivity contribution in [2.24, 2.45) is 5.92 Å². The molecule has 3 rings (SSSR count). The van der Waals surface area contributed by atoms with Crippen LogP contribution >= 0.6 is 0 Å². The predicted octanol–water partition coefficient (Wildman–Crippen LogP) is 1.52. The molecule has 1 atom stereocenters. The molecule has 27 heavy (non-hydrogen) atoms. The van der Waals surface area contributed by atoms with Gasteiger partial charge in [0.2, 0.25) is 11.8 Å². The van der Waals surface area contributed by atoms with Crippen molar-refractivity contribution in [2.75, 3.05) is 44.7 Å². The van der Waals surface area contributed by atoms with Crippen LogP contribution in [0.4, 0.5) is 5.69 Å². The first-order valence-electron chi connectivity index (χ1n) is 9.28. The minimum absolute atomic E-state index is 0.0604. The molecule has 0 aromatic heterocycles. The highest BCUT2D eigenvalue weighted by molar-refractivity contribution is 5.98. The van der Waals surface area contributed by atoms with Crippen LogP contribution in [0.25, 0.3) is 0 Å². The summed E-state index contributed by atoms with van der Waals surface area (Å²) in [6.45, 7) is 6.78. The Morgan fingerprint density at radius 1 is 1.15 bits per heavy atom. The van der Waals surface area contributed by atoms with Crippen LogP contribution in [-0.4, -0.2) is 66.9 Å². The highest BCUT2D eigenvalue weighted by atomic mass is 16.5. The Labute approximate surface area is 159 Å². The molecule has 7 heteroatoms. The monoisotopic (exact) mass is 371 g/mol. The molecular weight excluding hydrogens is 346 g/mol. The van der Waals surface area contributed by atoms with Crippen molar-refractivity contribution in [3.8, 4) is 0 Å². The average molecular weight is 371 g/mol. The molecule has 3 amide bonds. The van der Waals surface area contributed by atoms with Gasteiger partial charge in [-0.3, -0.25) is 14.4 Å². The Bertz CT molecular complexity index is 728. The number of nitrogens with zero attached hydrogens (tertiary/aromatic N) is 2. The van der Waals surface area contributed by atoms with Crippen LogP contribution in [0.5, 0.6) is 0 Å². The standard InChI is InChI=1S/C20H25N3O4/c1-2-18(24)23-8-4-6-16(14-23)19(25)21-17-7-3-5-15(13-17)20(26)22-9-11-27-12-10-22/h2-3,5,7,13,16H,1,4,6,8-12,14H2,(H,21,25). The van der Waals surface area contributed by atoms with E-state index in [0.717, 1.165) is 12.8 Å². The van der Waals surface area contributed by atoms with Gasteiger partial charge in [-0.1, -0.05) is 12.6 Å². The van der Waals surface area contributed by atoms with Crippen molar-refractivity contribution in [1.29, 1.82) is 0 Å². The van der Waals surface area contributed by atoms with E-state index >= 15 is 0 Å². The largest absolute Gasteiger partial charge is 0.378 e. The van der Waals surface area contributed by atoms with Gasteiger partial charge in [0.1, 0.15) is 0 Å². The first-order valence-corrected chi connectivity index (χ1v) is 9.28. The van der Waals surface area contributed by atoms with E-state index in [1.54, 1.807) is 34.1 Å². The zero-order valence-corrected chi connectivity index (χ0v) is 15.4.